The Bertz CT molecular complexity index is 2230. The van der Waals surface area contributed by atoms with Crippen molar-refractivity contribution in [1.82, 2.24) is 30.0 Å². The minimum Gasteiger partial charge on any atom is -0.493 e. The fourth-order valence-electron chi connectivity index (χ4n) is 7.72. The molecule has 0 radical (unpaired) electrons. The van der Waals surface area contributed by atoms with Gasteiger partial charge in [0.15, 0.2) is 0 Å². The molecule has 2 saturated heterocycles. The number of aromatic amines is 2. The van der Waals surface area contributed by atoms with Gasteiger partial charge in [-0.05, 0) is 92.1 Å². The molecule has 3 N–H and O–H groups in total. The van der Waals surface area contributed by atoms with Crippen LogP contribution in [0.25, 0.3) is 11.1 Å². The van der Waals surface area contributed by atoms with Gasteiger partial charge >= 0.3 is 5.69 Å². The van der Waals surface area contributed by atoms with E-state index in [9.17, 15) is 15.2 Å². The van der Waals surface area contributed by atoms with Crippen LogP contribution in [0.1, 0.15) is 77.4 Å². The summed E-state index contributed by atoms with van der Waals surface area (Å²) in [5.41, 5.74) is 7.09. The van der Waals surface area contributed by atoms with E-state index in [2.05, 4.69) is 68.1 Å². The molecule has 0 aliphatic carbocycles. The number of aromatic nitrogens is 4. The molecule has 0 saturated carbocycles. The van der Waals surface area contributed by atoms with Crippen LogP contribution in [0.15, 0.2) is 71.8 Å². The van der Waals surface area contributed by atoms with Gasteiger partial charge in [-0.1, -0.05) is 48.4 Å². The van der Waals surface area contributed by atoms with Crippen molar-refractivity contribution in [2.24, 2.45) is 0 Å². The van der Waals surface area contributed by atoms with Crippen molar-refractivity contribution in [3.8, 4) is 34.4 Å². The summed E-state index contributed by atoms with van der Waals surface area (Å²) >= 11 is 6.96. The number of aliphatic hydroxyl groups excluding tert-OH is 1. The third kappa shape index (κ3) is 9.42. The van der Waals surface area contributed by atoms with E-state index in [1.54, 1.807) is 12.3 Å². The first-order chi connectivity index (χ1) is 27.2. The first kappa shape index (κ1) is 39.1. The number of pyridine rings is 1. The first-order valence-corrected chi connectivity index (χ1v) is 19.7. The molecule has 2 aliphatic rings. The molecule has 12 nitrogen and oxygen atoms in total. The molecule has 2 aliphatic heterocycles. The van der Waals surface area contributed by atoms with Crippen molar-refractivity contribution in [1.29, 1.82) is 5.26 Å². The lowest BCUT2D eigenvalue weighted by molar-refractivity contribution is 0.132. The second-order valence-electron chi connectivity index (χ2n) is 14.7. The van der Waals surface area contributed by atoms with Gasteiger partial charge in [0, 0.05) is 55.8 Å². The lowest BCUT2D eigenvalue weighted by atomic mass is 9.93. The summed E-state index contributed by atoms with van der Waals surface area (Å²) in [6.45, 7) is 9.22. The van der Waals surface area contributed by atoms with Crippen molar-refractivity contribution in [2.75, 3.05) is 32.8 Å². The van der Waals surface area contributed by atoms with Crippen LogP contribution < -0.4 is 19.9 Å². The van der Waals surface area contributed by atoms with E-state index in [0.29, 0.717) is 41.1 Å². The molecule has 4 heterocycles. The van der Waals surface area contributed by atoms with Gasteiger partial charge in [0.05, 0.1) is 29.3 Å². The number of rotatable bonds is 15. The van der Waals surface area contributed by atoms with Crippen LogP contribution in [0.3, 0.4) is 0 Å². The van der Waals surface area contributed by atoms with E-state index in [1.807, 2.05) is 30.3 Å². The maximum atomic E-state index is 11.9. The highest BCUT2D eigenvalue weighted by Gasteiger charge is 2.28. The molecule has 56 heavy (non-hydrogen) atoms. The van der Waals surface area contributed by atoms with Crippen LogP contribution in [-0.4, -0.2) is 74.0 Å². The molecule has 2 aromatic heterocycles. The smallest absolute Gasteiger partial charge is 0.361 e. The standard InChI is InChI=1S/C43H48ClN7O5/c1-28-32(8-5-9-35(28)36-10-6-12-39(29(36)2)54-17-7-14-50-16-13-34(52)25-50)27-56-41-20-40(55-26-31-18-30(21-45)22-46-23-31)33(19-37(41)44)24-51-15-4-3-11-38(51)42-47-43(53)49-48-42/h5-6,8-10,12,18-20,22-23,34,38,52H,3-4,7,11,13-17,24-27H2,1-2H3,(H2,47,48,49,53). The van der Waals surface area contributed by atoms with Gasteiger partial charge in [0.1, 0.15) is 42.4 Å². The monoisotopic (exact) mass is 777 g/mol. The van der Waals surface area contributed by atoms with Crippen LogP contribution in [0.5, 0.6) is 17.2 Å². The van der Waals surface area contributed by atoms with Gasteiger partial charge in [-0.3, -0.25) is 15.0 Å². The van der Waals surface area contributed by atoms with Gasteiger partial charge < -0.3 is 24.2 Å². The number of ether oxygens (including phenoxy) is 3. The minimum absolute atomic E-state index is 0.0662. The van der Waals surface area contributed by atoms with Crippen LogP contribution >= 0.6 is 11.6 Å². The number of piperidine rings is 1. The predicted molar refractivity (Wildman–Crippen MR) is 214 cm³/mol. The van der Waals surface area contributed by atoms with Crippen molar-refractivity contribution >= 4 is 11.6 Å². The Kier molecular flexibility index (Phi) is 12.7. The lowest BCUT2D eigenvalue weighted by Crippen LogP contribution is -2.34. The van der Waals surface area contributed by atoms with Crippen molar-refractivity contribution in [2.45, 2.75) is 77.9 Å². The van der Waals surface area contributed by atoms with Gasteiger partial charge in [-0.25, -0.2) is 9.89 Å². The van der Waals surface area contributed by atoms with Crippen molar-refractivity contribution in [3.05, 3.63) is 122 Å². The highest BCUT2D eigenvalue weighted by molar-refractivity contribution is 6.32. The molecule has 13 heteroatoms. The number of hydrogen-bond donors (Lipinski definition) is 3. The summed E-state index contributed by atoms with van der Waals surface area (Å²) in [7, 11) is 0. The number of aliphatic hydroxyl groups is 1. The van der Waals surface area contributed by atoms with Gasteiger partial charge in [-0.2, -0.15) is 10.2 Å². The SMILES string of the molecule is Cc1c(COc2cc(OCc3cncc(C#N)c3)c(CN3CCCCC3c3nc(=O)[nH][nH]3)cc2Cl)cccc1-c1cccc(OCCCN2CCC(O)C2)c1C. The van der Waals surface area contributed by atoms with E-state index in [-0.39, 0.29) is 25.4 Å². The minimum atomic E-state index is -0.396. The Balaban J connectivity index is 1.09. The molecule has 0 bridgehead atoms. The largest absolute Gasteiger partial charge is 0.493 e. The summed E-state index contributed by atoms with van der Waals surface area (Å²) in [5.74, 6) is 2.57. The Labute approximate surface area is 332 Å². The van der Waals surface area contributed by atoms with E-state index in [0.717, 1.165) is 103 Å². The number of likely N-dealkylation sites (tertiary alicyclic amines) is 2. The zero-order chi connectivity index (χ0) is 39.0. The summed E-state index contributed by atoms with van der Waals surface area (Å²) < 4.78 is 19.1. The highest BCUT2D eigenvalue weighted by atomic mass is 35.5. The maximum absolute atomic E-state index is 11.9. The third-order valence-corrected chi connectivity index (χ3v) is 11.1. The van der Waals surface area contributed by atoms with Crippen LogP contribution in [0.4, 0.5) is 0 Å². The Morgan fingerprint density at radius 1 is 0.911 bits per heavy atom. The van der Waals surface area contributed by atoms with Crippen LogP contribution in [0.2, 0.25) is 5.02 Å². The van der Waals surface area contributed by atoms with Crippen molar-refractivity contribution < 1.29 is 19.3 Å². The van der Waals surface area contributed by atoms with Crippen LogP contribution in [-0.2, 0) is 19.8 Å². The van der Waals surface area contributed by atoms with E-state index < -0.39 is 5.69 Å². The zero-order valence-corrected chi connectivity index (χ0v) is 32.6. The van der Waals surface area contributed by atoms with E-state index in [1.165, 1.54) is 6.20 Å². The normalized spacial score (nSPS) is 17.5. The molecule has 2 atom stereocenters. The molecule has 292 valence electrons. The number of benzene rings is 3. The molecule has 2 unspecified atom stereocenters. The van der Waals surface area contributed by atoms with Gasteiger partial charge in [-0.15, -0.1) is 0 Å². The summed E-state index contributed by atoms with van der Waals surface area (Å²) in [6, 6.07) is 20.0. The number of H-pyrrole nitrogens is 2. The molecule has 7 rings (SSSR count). The first-order valence-electron chi connectivity index (χ1n) is 19.3. The fraction of sp³-hybridized carbons (Fsp3) is 0.395. The number of halogens is 1. The van der Waals surface area contributed by atoms with E-state index in [4.69, 9.17) is 25.8 Å². The topological polar surface area (TPSA) is 153 Å². The summed E-state index contributed by atoms with van der Waals surface area (Å²) in [5, 5.41) is 25.2. The predicted octanol–water partition coefficient (Wildman–Crippen LogP) is 7.02. The molecule has 3 aromatic carbocycles. The molecular weight excluding hydrogens is 730 g/mol. The summed E-state index contributed by atoms with van der Waals surface area (Å²) in [6.07, 6.45) is 7.64. The maximum Gasteiger partial charge on any atom is 0.361 e. The number of β-amino-alcohol motifs (C(OH)–C–C–N with tert-alkyl or cyclic N) is 1. The van der Waals surface area contributed by atoms with E-state index >= 15 is 0 Å². The number of nitriles is 1. The Hall–Kier alpha value is -5.19. The molecule has 5 aromatic rings. The quantitative estimate of drug-likeness (QED) is 0.0946. The molecule has 0 amide bonds. The zero-order valence-electron chi connectivity index (χ0n) is 31.9. The summed E-state index contributed by atoms with van der Waals surface area (Å²) in [4.78, 5) is 24.8. The van der Waals surface area contributed by atoms with Gasteiger partial charge in [0.25, 0.3) is 0 Å². The highest BCUT2D eigenvalue weighted by Crippen LogP contribution is 2.38. The second-order valence-corrected chi connectivity index (χ2v) is 15.1. The molecule has 2 fully saturated rings. The molecular formula is C43H48ClN7O5. The second kappa shape index (κ2) is 18.2. The lowest BCUT2D eigenvalue weighted by Gasteiger charge is -2.34. The number of nitrogens with zero attached hydrogens (tertiary/aromatic N) is 5. The average molecular weight is 778 g/mol. The Morgan fingerprint density at radius 2 is 1.73 bits per heavy atom. The number of nitrogens with one attached hydrogen (secondary N) is 2. The number of hydrogen-bond acceptors (Lipinski definition) is 10. The van der Waals surface area contributed by atoms with Gasteiger partial charge in [0.2, 0.25) is 0 Å². The van der Waals surface area contributed by atoms with Crippen molar-refractivity contribution in [3.63, 3.8) is 0 Å². The fourth-order valence-corrected chi connectivity index (χ4v) is 7.96. The van der Waals surface area contributed by atoms with Crippen LogP contribution in [0, 0.1) is 25.2 Å². The average Bonchev–Trinajstić information content (AvgIpc) is 3.84. The molecule has 0 spiro atoms. The Morgan fingerprint density at radius 3 is 2.52 bits per heavy atom. The third-order valence-electron chi connectivity index (χ3n) is 10.8.